The number of nitrogens with zero attached hydrogens (tertiary/aromatic N) is 1. The van der Waals surface area contributed by atoms with Crippen molar-refractivity contribution in [2.75, 3.05) is 23.3 Å². The molecule has 1 fully saturated rings. The van der Waals surface area contributed by atoms with E-state index in [1.807, 2.05) is 12.1 Å². The summed E-state index contributed by atoms with van der Waals surface area (Å²) >= 11 is 0. The molecule has 0 aromatic heterocycles. The normalized spacial score (nSPS) is 15.3. The van der Waals surface area contributed by atoms with Gasteiger partial charge in [0.05, 0.1) is 11.1 Å². The molecule has 1 N–H and O–H groups in total. The van der Waals surface area contributed by atoms with Crippen LogP contribution in [-0.4, -0.2) is 19.0 Å². The fourth-order valence-corrected chi connectivity index (χ4v) is 3.53. The van der Waals surface area contributed by atoms with E-state index in [1.54, 1.807) is 0 Å². The second-order valence-corrected chi connectivity index (χ2v) is 8.56. The lowest BCUT2D eigenvalue weighted by atomic mass is 9.85. The summed E-state index contributed by atoms with van der Waals surface area (Å²) in [6.45, 7) is 8.18. The van der Waals surface area contributed by atoms with E-state index < -0.39 is 11.7 Å². The molecule has 3 rings (SSSR count). The minimum atomic E-state index is -4.40. The maximum atomic E-state index is 13.0. The lowest BCUT2D eigenvalue weighted by molar-refractivity contribution is -0.137. The Bertz CT molecular complexity index is 861. The van der Waals surface area contributed by atoms with Crippen molar-refractivity contribution in [1.82, 2.24) is 0 Å². The van der Waals surface area contributed by atoms with Gasteiger partial charge in [0.15, 0.2) is 0 Å². The summed E-state index contributed by atoms with van der Waals surface area (Å²) in [6.07, 6.45) is -1.05. The smallest absolute Gasteiger partial charge is 0.371 e. The number of anilines is 2. The van der Waals surface area contributed by atoms with Crippen LogP contribution in [0.15, 0.2) is 42.5 Å². The first-order valence-corrected chi connectivity index (χ1v) is 9.94. The van der Waals surface area contributed by atoms with Crippen LogP contribution in [0, 0.1) is 0 Å². The van der Waals surface area contributed by atoms with Crippen molar-refractivity contribution in [2.24, 2.45) is 0 Å². The fraction of sp³-hybridized carbons (Fsp3) is 0.435. The number of benzene rings is 2. The number of halogens is 3. The summed E-state index contributed by atoms with van der Waals surface area (Å²) in [7, 11) is 0. The molecule has 1 saturated heterocycles. The zero-order valence-corrected chi connectivity index (χ0v) is 17.1. The molecule has 0 bridgehead atoms. The van der Waals surface area contributed by atoms with E-state index in [9.17, 15) is 18.0 Å². The molecule has 0 atom stereocenters. The molecule has 2 aromatic carbocycles. The Balaban J connectivity index is 1.89. The predicted molar refractivity (Wildman–Crippen MR) is 111 cm³/mol. The second kappa shape index (κ2) is 8.09. The minimum absolute atomic E-state index is 0.0486. The Morgan fingerprint density at radius 1 is 0.897 bits per heavy atom. The molecule has 156 valence electrons. The van der Waals surface area contributed by atoms with Crippen molar-refractivity contribution < 1.29 is 18.0 Å². The third-order valence-corrected chi connectivity index (χ3v) is 5.28. The summed E-state index contributed by atoms with van der Waals surface area (Å²) in [5, 5.41) is 2.74. The van der Waals surface area contributed by atoms with E-state index in [4.69, 9.17) is 0 Å². The molecule has 0 unspecified atom stereocenters. The maximum Gasteiger partial charge on any atom is 0.416 e. The first kappa shape index (κ1) is 21.2. The van der Waals surface area contributed by atoms with E-state index in [1.165, 1.54) is 18.6 Å². The van der Waals surface area contributed by atoms with Crippen LogP contribution in [0.1, 0.15) is 61.5 Å². The van der Waals surface area contributed by atoms with Gasteiger partial charge >= 0.3 is 6.18 Å². The average molecular weight is 404 g/mol. The number of carbonyl (C=O) groups excluding carboxylic acids is 1. The van der Waals surface area contributed by atoms with Gasteiger partial charge in [-0.05, 0) is 66.6 Å². The molecule has 1 aliphatic rings. The molecule has 1 heterocycles. The van der Waals surface area contributed by atoms with Gasteiger partial charge in [0.25, 0.3) is 5.91 Å². The van der Waals surface area contributed by atoms with Crippen LogP contribution in [0.2, 0.25) is 0 Å². The van der Waals surface area contributed by atoms with Crippen molar-refractivity contribution in [2.45, 2.75) is 51.6 Å². The average Bonchev–Trinajstić information content (AvgIpc) is 2.67. The first-order chi connectivity index (χ1) is 13.6. The van der Waals surface area contributed by atoms with Crippen LogP contribution >= 0.6 is 0 Å². The van der Waals surface area contributed by atoms with Crippen LogP contribution in [-0.2, 0) is 11.6 Å². The lowest BCUT2D eigenvalue weighted by Crippen LogP contribution is -2.32. The molecule has 0 saturated carbocycles. The third-order valence-electron chi connectivity index (χ3n) is 5.28. The van der Waals surface area contributed by atoms with Crippen molar-refractivity contribution in [3.8, 4) is 0 Å². The maximum absolute atomic E-state index is 13.0. The second-order valence-electron chi connectivity index (χ2n) is 8.56. The largest absolute Gasteiger partial charge is 0.416 e. The molecule has 0 spiro atoms. The molecule has 3 nitrogen and oxygen atoms in total. The number of amides is 1. The fourth-order valence-electron chi connectivity index (χ4n) is 3.53. The van der Waals surface area contributed by atoms with E-state index in [0.29, 0.717) is 11.3 Å². The Kier molecular flexibility index (Phi) is 5.92. The summed E-state index contributed by atoms with van der Waals surface area (Å²) in [5.74, 6) is -0.314. The quantitative estimate of drug-likeness (QED) is 0.656. The number of piperidine rings is 1. The van der Waals surface area contributed by atoms with E-state index in [0.717, 1.165) is 49.3 Å². The number of nitrogens with one attached hydrogen (secondary N) is 1. The van der Waals surface area contributed by atoms with Gasteiger partial charge in [0, 0.05) is 24.5 Å². The molecule has 1 amide bonds. The first-order valence-electron chi connectivity index (χ1n) is 9.94. The zero-order valence-electron chi connectivity index (χ0n) is 17.1. The van der Waals surface area contributed by atoms with Crippen molar-refractivity contribution in [3.05, 3.63) is 59.2 Å². The highest BCUT2D eigenvalue weighted by atomic mass is 19.4. The van der Waals surface area contributed by atoms with E-state index >= 15 is 0 Å². The Hall–Kier alpha value is -2.50. The monoisotopic (exact) mass is 404 g/mol. The highest BCUT2D eigenvalue weighted by Gasteiger charge is 2.30. The highest BCUT2D eigenvalue weighted by molar-refractivity contribution is 6.08. The number of alkyl halides is 3. The highest BCUT2D eigenvalue weighted by Crippen LogP contribution is 2.32. The summed E-state index contributed by atoms with van der Waals surface area (Å²) < 4.78 is 38.2. The minimum Gasteiger partial charge on any atom is -0.371 e. The predicted octanol–water partition coefficient (Wildman–Crippen LogP) is 6.25. The molecule has 2 aromatic rings. The SMILES string of the molecule is CC(C)(C)c1ccc(C(=O)Nc2ccc(C(F)(F)F)cc2)c(N2CCCCC2)c1. The van der Waals surface area contributed by atoms with E-state index in [-0.39, 0.29) is 11.3 Å². The lowest BCUT2D eigenvalue weighted by Gasteiger charge is -2.32. The molecule has 29 heavy (non-hydrogen) atoms. The molecule has 0 radical (unpaired) electrons. The van der Waals surface area contributed by atoms with Crippen molar-refractivity contribution in [3.63, 3.8) is 0 Å². The topological polar surface area (TPSA) is 32.3 Å². The van der Waals surface area contributed by atoms with Crippen LogP contribution in [0.25, 0.3) is 0 Å². The molecule has 1 aliphatic heterocycles. The van der Waals surface area contributed by atoms with Gasteiger partial charge in [0.1, 0.15) is 0 Å². The van der Waals surface area contributed by atoms with Gasteiger partial charge in [-0.2, -0.15) is 13.2 Å². The molecular formula is C23H27F3N2O. The Morgan fingerprint density at radius 2 is 1.48 bits per heavy atom. The summed E-state index contributed by atoms with van der Waals surface area (Å²) in [4.78, 5) is 15.2. The number of hydrogen-bond acceptors (Lipinski definition) is 2. The van der Waals surface area contributed by atoms with Crippen molar-refractivity contribution in [1.29, 1.82) is 0 Å². The van der Waals surface area contributed by atoms with Crippen molar-refractivity contribution >= 4 is 17.3 Å². The molecular weight excluding hydrogens is 377 g/mol. The van der Waals surface area contributed by atoms with Gasteiger partial charge < -0.3 is 10.2 Å². The number of hydrogen-bond donors (Lipinski definition) is 1. The molecule has 0 aliphatic carbocycles. The van der Waals surface area contributed by atoms with Gasteiger partial charge in [-0.25, -0.2) is 0 Å². The van der Waals surface area contributed by atoms with Crippen LogP contribution in [0.3, 0.4) is 0 Å². The van der Waals surface area contributed by atoms with Gasteiger partial charge in [-0.15, -0.1) is 0 Å². The Morgan fingerprint density at radius 3 is 2.03 bits per heavy atom. The van der Waals surface area contributed by atoms with Crippen LogP contribution in [0.5, 0.6) is 0 Å². The number of carbonyl (C=O) groups is 1. The standard InChI is InChI=1S/C23H27F3N2O/c1-22(2,3)17-9-12-19(20(15-17)28-13-5-4-6-14-28)21(29)27-18-10-7-16(8-11-18)23(24,25)26/h7-12,15H,4-6,13-14H2,1-3H3,(H,27,29). The summed E-state index contributed by atoms with van der Waals surface area (Å²) in [6, 6.07) is 10.4. The van der Waals surface area contributed by atoms with Crippen LogP contribution < -0.4 is 10.2 Å². The van der Waals surface area contributed by atoms with E-state index in [2.05, 4.69) is 37.1 Å². The zero-order chi connectivity index (χ0) is 21.2. The Labute approximate surface area is 169 Å². The van der Waals surface area contributed by atoms with Gasteiger partial charge in [-0.3, -0.25) is 4.79 Å². The van der Waals surface area contributed by atoms with Gasteiger partial charge in [-0.1, -0.05) is 26.8 Å². The van der Waals surface area contributed by atoms with Gasteiger partial charge in [0.2, 0.25) is 0 Å². The molecule has 6 heteroatoms. The number of rotatable bonds is 3. The van der Waals surface area contributed by atoms with Crippen LogP contribution in [0.4, 0.5) is 24.5 Å². The summed E-state index contributed by atoms with van der Waals surface area (Å²) in [5.41, 5.74) is 2.13. The third kappa shape index (κ3) is 5.11.